The van der Waals surface area contributed by atoms with Crippen LogP contribution in [0.4, 0.5) is 4.79 Å². The Morgan fingerprint density at radius 1 is 0.913 bits per heavy atom. The molecular formula is C20H41NO2. The summed E-state index contributed by atoms with van der Waals surface area (Å²) in [7, 11) is 1.84. The van der Waals surface area contributed by atoms with E-state index in [0.29, 0.717) is 11.8 Å². The molecule has 0 saturated carbocycles. The lowest BCUT2D eigenvalue weighted by molar-refractivity contribution is 0.0407. The Balaban J connectivity index is 4.38. The molecule has 0 aliphatic rings. The molecule has 2 atom stereocenters. The molecule has 0 aromatic rings. The molecule has 0 N–H and O–H groups in total. The zero-order chi connectivity index (χ0) is 17.7. The molecule has 0 radical (unpaired) electrons. The van der Waals surface area contributed by atoms with Gasteiger partial charge < -0.3 is 9.64 Å². The van der Waals surface area contributed by atoms with Crippen LogP contribution in [0.1, 0.15) is 92.4 Å². The van der Waals surface area contributed by atoms with Crippen molar-refractivity contribution in [1.82, 2.24) is 4.90 Å². The number of carbonyl (C=O) groups is 1. The SMILES string of the molecule is CCCCCCC(CCCCC)C(C)OC(=O)N(C)CC(C)C. The zero-order valence-corrected chi connectivity index (χ0v) is 16.6. The monoisotopic (exact) mass is 327 g/mol. The van der Waals surface area contributed by atoms with Crippen LogP contribution in [0.2, 0.25) is 0 Å². The molecule has 3 heteroatoms. The van der Waals surface area contributed by atoms with Gasteiger partial charge in [-0.2, -0.15) is 0 Å². The Morgan fingerprint density at radius 2 is 1.43 bits per heavy atom. The first-order valence-corrected chi connectivity index (χ1v) is 9.84. The van der Waals surface area contributed by atoms with Crippen LogP contribution >= 0.6 is 0 Å². The maximum atomic E-state index is 12.2. The van der Waals surface area contributed by atoms with Crippen molar-refractivity contribution in [2.45, 2.75) is 98.5 Å². The molecule has 138 valence electrons. The standard InChI is InChI=1S/C20H41NO2/c1-7-9-11-13-15-19(14-12-10-8-2)18(5)23-20(22)21(6)16-17(3)4/h17-19H,7-16H2,1-6H3. The molecule has 0 heterocycles. The van der Waals surface area contributed by atoms with Gasteiger partial charge in [0.15, 0.2) is 0 Å². The highest BCUT2D eigenvalue weighted by atomic mass is 16.6. The Bertz CT molecular complexity index is 291. The van der Waals surface area contributed by atoms with Gasteiger partial charge in [0, 0.05) is 13.6 Å². The highest BCUT2D eigenvalue weighted by Gasteiger charge is 2.22. The third kappa shape index (κ3) is 11.4. The second-order valence-corrected chi connectivity index (χ2v) is 7.47. The normalized spacial score (nSPS) is 13.9. The van der Waals surface area contributed by atoms with Gasteiger partial charge in [-0.1, -0.05) is 72.6 Å². The van der Waals surface area contributed by atoms with E-state index in [0.717, 1.165) is 6.54 Å². The summed E-state index contributed by atoms with van der Waals surface area (Å²) in [4.78, 5) is 13.9. The number of hydrogen-bond acceptors (Lipinski definition) is 2. The fourth-order valence-corrected chi connectivity index (χ4v) is 3.07. The Morgan fingerprint density at radius 3 is 1.96 bits per heavy atom. The molecule has 23 heavy (non-hydrogen) atoms. The third-order valence-corrected chi connectivity index (χ3v) is 4.51. The lowest BCUT2D eigenvalue weighted by atomic mass is 9.90. The zero-order valence-electron chi connectivity index (χ0n) is 16.6. The van der Waals surface area contributed by atoms with Crippen molar-refractivity contribution in [3.8, 4) is 0 Å². The van der Waals surface area contributed by atoms with Crippen molar-refractivity contribution >= 4 is 6.09 Å². The van der Waals surface area contributed by atoms with E-state index < -0.39 is 0 Å². The number of carbonyl (C=O) groups excluding carboxylic acids is 1. The van der Waals surface area contributed by atoms with E-state index in [-0.39, 0.29) is 12.2 Å². The van der Waals surface area contributed by atoms with Gasteiger partial charge in [-0.05, 0) is 31.6 Å². The molecule has 0 bridgehead atoms. The molecule has 3 nitrogen and oxygen atoms in total. The van der Waals surface area contributed by atoms with E-state index in [1.807, 2.05) is 7.05 Å². The molecule has 0 fully saturated rings. The van der Waals surface area contributed by atoms with Crippen molar-refractivity contribution in [3.05, 3.63) is 0 Å². The van der Waals surface area contributed by atoms with E-state index in [4.69, 9.17) is 4.74 Å². The second-order valence-electron chi connectivity index (χ2n) is 7.47. The van der Waals surface area contributed by atoms with Crippen LogP contribution in [0.25, 0.3) is 0 Å². The highest BCUT2D eigenvalue weighted by Crippen LogP contribution is 2.23. The second kappa shape index (κ2) is 13.7. The fourth-order valence-electron chi connectivity index (χ4n) is 3.07. The van der Waals surface area contributed by atoms with E-state index in [1.165, 1.54) is 57.8 Å². The minimum Gasteiger partial charge on any atom is -0.446 e. The number of hydrogen-bond donors (Lipinski definition) is 0. The average Bonchev–Trinajstić information content (AvgIpc) is 2.48. The molecular weight excluding hydrogens is 286 g/mol. The lowest BCUT2D eigenvalue weighted by Crippen LogP contribution is -2.35. The van der Waals surface area contributed by atoms with Gasteiger partial charge in [-0.25, -0.2) is 4.79 Å². The van der Waals surface area contributed by atoms with Gasteiger partial charge in [0.2, 0.25) is 0 Å². The third-order valence-electron chi connectivity index (χ3n) is 4.51. The summed E-state index contributed by atoms with van der Waals surface area (Å²) < 4.78 is 5.75. The van der Waals surface area contributed by atoms with Gasteiger partial charge in [0.1, 0.15) is 6.10 Å². The van der Waals surface area contributed by atoms with Crippen molar-refractivity contribution in [1.29, 1.82) is 0 Å². The topological polar surface area (TPSA) is 29.5 Å². The molecule has 0 aliphatic heterocycles. The van der Waals surface area contributed by atoms with Crippen molar-refractivity contribution < 1.29 is 9.53 Å². The van der Waals surface area contributed by atoms with Crippen LogP contribution < -0.4 is 0 Å². The quantitative estimate of drug-likeness (QED) is 0.373. The van der Waals surface area contributed by atoms with Crippen LogP contribution in [-0.2, 0) is 4.74 Å². The summed E-state index contributed by atoms with van der Waals surface area (Å²) in [6, 6.07) is 0. The number of rotatable bonds is 13. The van der Waals surface area contributed by atoms with Crippen molar-refractivity contribution in [2.75, 3.05) is 13.6 Å². The largest absolute Gasteiger partial charge is 0.446 e. The highest BCUT2D eigenvalue weighted by molar-refractivity contribution is 5.67. The first-order chi connectivity index (χ1) is 10.9. The number of ether oxygens (including phenoxy) is 1. The molecule has 0 aromatic heterocycles. The number of unbranched alkanes of at least 4 members (excludes halogenated alkanes) is 5. The van der Waals surface area contributed by atoms with E-state index >= 15 is 0 Å². The minimum absolute atomic E-state index is 0.0237. The average molecular weight is 328 g/mol. The Hall–Kier alpha value is -0.730. The Kier molecular flexibility index (Phi) is 13.3. The molecule has 0 aromatic carbocycles. The molecule has 0 saturated heterocycles. The maximum absolute atomic E-state index is 12.2. The molecule has 0 rings (SSSR count). The van der Waals surface area contributed by atoms with Gasteiger partial charge in [0.05, 0.1) is 0 Å². The summed E-state index contributed by atoms with van der Waals surface area (Å²) in [5.74, 6) is 0.979. The summed E-state index contributed by atoms with van der Waals surface area (Å²) >= 11 is 0. The van der Waals surface area contributed by atoms with E-state index in [9.17, 15) is 4.79 Å². The van der Waals surface area contributed by atoms with Gasteiger partial charge >= 0.3 is 6.09 Å². The van der Waals surface area contributed by atoms with Crippen LogP contribution in [0.3, 0.4) is 0 Å². The van der Waals surface area contributed by atoms with Gasteiger partial charge in [0.25, 0.3) is 0 Å². The minimum atomic E-state index is -0.166. The smallest absolute Gasteiger partial charge is 0.409 e. The number of nitrogens with zero attached hydrogens (tertiary/aromatic N) is 1. The maximum Gasteiger partial charge on any atom is 0.409 e. The molecule has 0 spiro atoms. The Labute approximate surface area is 145 Å². The predicted octanol–water partition coefficient (Wildman–Crippen LogP) is 6.27. The molecule has 1 amide bonds. The molecule has 2 unspecified atom stereocenters. The van der Waals surface area contributed by atoms with E-state index in [1.54, 1.807) is 4.90 Å². The van der Waals surface area contributed by atoms with E-state index in [2.05, 4.69) is 34.6 Å². The summed E-state index contributed by atoms with van der Waals surface area (Å²) in [6.07, 6.45) is 11.1. The number of amides is 1. The predicted molar refractivity (Wildman–Crippen MR) is 99.8 cm³/mol. The van der Waals surface area contributed by atoms with Crippen LogP contribution in [0, 0.1) is 11.8 Å². The lowest BCUT2D eigenvalue weighted by Gasteiger charge is -2.27. The van der Waals surface area contributed by atoms with Crippen molar-refractivity contribution in [3.63, 3.8) is 0 Å². The van der Waals surface area contributed by atoms with Crippen LogP contribution in [0.5, 0.6) is 0 Å². The fraction of sp³-hybridized carbons (Fsp3) is 0.950. The summed E-state index contributed by atoms with van der Waals surface area (Å²) in [5.41, 5.74) is 0. The van der Waals surface area contributed by atoms with Gasteiger partial charge in [-0.15, -0.1) is 0 Å². The summed E-state index contributed by atoms with van der Waals surface area (Å²) in [6.45, 7) is 11.6. The van der Waals surface area contributed by atoms with Crippen molar-refractivity contribution in [2.24, 2.45) is 11.8 Å². The summed E-state index contributed by atoms with van der Waals surface area (Å²) in [5, 5.41) is 0. The van der Waals surface area contributed by atoms with Crippen LogP contribution in [-0.4, -0.2) is 30.7 Å². The first-order valence-electron chi connectivity index (χ1n) is 9.84. The van der Waals surface area contributed by atoms with Crippen LogP contribution in [0.15, 0.2) is 0 Å². The molecule has 0 aliphatic carbocycles. The van der Waals surface area contributed by atoms with Gasteiger partial charge in [-0.3, -0.25) is 0 Å². The first kappa shape index (κ1) is 22.3.